The summed E-state index contributed by atoms with van der Waals surface area (Å²) in [6.45, 7) is 2.89. The highest BCUT2D eigenvalue weighted by Crippen LogP contribution is 2.29. The normalized spacial score (nSPS) is 18.9. The van der Waals surface area contributed by atoms with Crippen molar-refractivity contribution in [2.45, 2.75) is 51.2 Å². The maximum absolute atomic E-state index is 10.2. The first-order chi connectivity index (χ1) is 10.6. The zero-order valence-corrected chi connectivity index (χ0v) is 13.8. The van der Waals surface area contributed by atoms with Crippen LogP contribution in [-0.4, -0.2) is 17.8 Å². The van der Waals surface area contributed by atoms with Gasteiger partial charge in [-0.15, -0.1) is 0 Å². The number of benzene rings is 1. The van der Waals surface area contributed by atoms with Crippen LogP contribution in [-0.2, 0) is 0 Å². The van der Waals surface area contributed by atoms with E-state index in [1.54, 1.807) is 0 Å². The van der Waals surface area contributed by atoms with Crippen molar-refractivity contribution in [3.8, 4) is 0 Å². The van der Waals surface area contributed by atoms with Crippen LogP contribution in [0.2, 0.25) is 5.02 Å². The lowest BCUT2D eigenvalue weighted by atomic mass is 9.98. The Morgan fingerprint density at radius 3 is 2.86 bits per heavy atom. The average molecular weight is 322 g/mol. The molecule has 1 aliphatic carbocycles. The first-order valence-corrected chi connectivity index (χ1v) is 8.62. The summed E-state index contributed by atoms with van der Waals surface area (Å²) in [4.78, 5) is 0. The Balaban J connectivity index is 1.53. The fourth-order valence-corrected chi connectivity index (χ4v) is 3.55. The van der Waals surface area contributed by atoms with Crippen LogP contribution in [0, 0.1) is 5.92 Å². The zero-order chi connectivity index (χ0) is 15.5. The number of aliphatic hydroxyl groups is 1. The molecular formula is C18H24ClNO2. The third kappa shape index (κ3) is 3.65. The maximum atomic E-state index is 10.2. The molecule has 1 aliphatic rings. The number of aliphatic hydroxyl groups excluding tert-OH is 1. The standard InChI is InChI=1S/C18H24ClNO2/c1-12(20-9-8-16(21)13-4-2-3-5-13)18-11-14-10-15(19)6-7-17(14)22-18/h6-7,10-13,16,20-21H,2-5,8-9H2,1H3. The van der Waals surface area contributed by atoms with Crippen molar-refractivity contribution < 1.29 is 9.52 Å². The Morgan fingerprint density at radius 2 is 2.09 bits per heavy atom. The zero-order valence-electron chi connectivity index (χ0n) is 13.0. The highest BCUT2D eigenvalue weighted by Gasteiger charge is 2.23. The Morgan fingerprint density at radius 1 is 1.32 bits per heavy atom. The van der Waals surface area contributed by atoms with E-state index in [-0.39, 0.29) is 12.1 Å². The first-order valence-electron chi connectivity index (χ1n) is 8.24. The molecule has 0 aliphatic heterocycles. The fraction of sp³-hybridized carbons (Fsp3) is 0.556. The number of furan rings is 1. The molecule has 1 heterocycles. The summed E-state index contributed by atoms with van der Waals surface area (Å²) < 4.78 is 5.86. The molecule has 1 fully saturated rings. The lowest BCUT2D eigenvalue weighted by Gasteiger charge is -2.19. The van der Waals surface area contributed by atoms with Gasteiger partial charge in [-0.2, -0.15) is 0 Å². The molecule has 120 valence electrons. The van der Waals surface area contributed by atoms with E-state index in [9.17, 15) is 5.11 Å². The molecule has 0 radical (unpaired) electrons. The van der Waals surface area contributed by atoms with Crippen molar-refractivity contribution in [1.29, 1.82) is 0 Å². The molecule has 2 N–H and O–H groups in total. The Kier molecular flexibility index (Phi) is 5.07. The van der Waals surface area contributed by atoms with Crippen LogP contribution in [0.3, 0.4) is 0 Å². The highest BCUT2D eigenvalue weighted by atomic mass is 35.5. The molecule has 3 rings (SSSR count). The Labute approximate surface area is 136 Å². The number of halogens is 1. The molecule has 2 aromatic rings. The number of rotatable bonds is 6. The summed E-state index contributed by atoms with van der Waals surface area (Å²) in [6.07, 6.45) is 5.54. The number of hydrogen-bond donors (Lipinski definition) is 2. The van der Waals surface area contributed by atoms with Crippen LogP contribution in [0.5, 0.6) is 0 Å². The van der Waals surface area contributed by atoms with E-state index < -0.39 is 0 Å². The second-order valence-electron chi connectivity index (χ2n) is 6.41. The summed E-state index contributed by atoms with van der Waals surface area (Å²) in [5, 5.41) is 15.4. The molecule has 4 heteroatoms. The topological polar surface area (TPSA) is 45.4 Å². The van der Waals surface area contributed by atoms with Gasteiger partial charge in [0.25, 0.3) is 0 Å². The lowest BCUT2D eigenvalue weighted by Crippen LogP contribution is -2.26. The molecule has 0 saturated heterocycles. The Hall–Kier alpha value is -1.03. The van der Waals surface area contributed by atoms with Gasteiger partial charge in [0.15, 0.2) is 0 Å². The van der Waals surface area contributed by atoms with E-state index in [4.69, 9.17) is 16.0 Å². The minimum Gasteiger partial charge on any atom is -0.459 e. The summed E-state index contributed by atoms with van der Waals surface area (Å²) >= 11 is 6.00. The van der Waals surface area contributed by atoms with Crippen LogP contribution in [0.4, 0.5) is 0 Å². The molecule has 22 heavy (non-hydrogen) atoms. The van der Waals surface area contributed by atoms with Crippen molar-refractivity contribution in [2.24, 2.45) is 5.92 Å². The quantitative estimate of drug-likeness (QED) is 0.812. The first kappa shape index (κ1) is 15.9. The largest absolute Gasteiger partial charge is 0.459 e. The van der Waals surface area contributed by atoms with Gasteiger partial charge in [0.2, 0.25) is 0 Å². The van der Waals surface area contributed by atoms with Gasteiger partial charge >= 0.3 is 0 Å². The van der Waals surface area contributed by atoms with E-state index in [1.165, 1.54) is 25.7 Å². The van der Waals surface area contributed by atoms with Crippen LogP contribution in [0.1, 0.15) is 50.8 Å². The van der Waals surface area contributed by atoms with E-state index >= 15 is 0 Å². The van der Waals surface area contributed by atoms with Gasteiger partial charge in [-0.25, -0.2) is 0 Å². The minimum absolute atomic E-state index is 0.127. The van der Waals surface area contributed by atoms with Crippen molar-refractivity contribution in [2.75, 3.05) is 6.54 Å². The SMILES string of the molecule is CC(NCCC(O)C1CCCC1)c1cc2cc(Cl)ccc2o1. The third-order valence-electron chi connectivity index (χ3n) is 4.76. The number of fused-ring (bicyclic) bond motifs is 1. The van der Waals surface area contributed by atoms with E-state index in [1.807, 2.05) is 24.3 Å². The van der Waals surface area contributed by atoms with Gasteiger partial charge in [-0.1, -0.05) is 24.4 Å². The molecule has 0 bridgehead atoms. The Bertz CT molecular complexity index is 619. The number of hydrogen-bond acceptors (Lipinski definition) is 3. The van der Waals surface area contributed by atoms with Crippen molar-refractivity contribution in [1.82, 2.24) is 5.32 Å². The predicted molar refractivity (Wildman–Crippen MR) is 90.2 cm³/mol. The molecule has 0 amide bonds. The smallest absolute Gasteiger partial charge is 0.134 e. The maximum Gasteiger partial charge on any atom is 0.134 e. The van der Waals surface area contributed by atoms with Crippen molar-refractivity contribution in [3.05, 3.63) is 35.0 Å². The average Bonchev–Trinajstić information content (AvgIpc) is 3.15. The summed E-state index contributed by atoms with van der Waals surface area (Å²) in [5.74, 6) is 1.41. The lowest BCUT2D eigenvalue weighted by molar-refractivity contribution is 0.101. The van der Waals surface area contributed by atoms with Gasteiger partial charge in [-0.3, -0.25) is 0 Å². The minimum atomic E-state index is -0.170. The van der Waals surface area contributed by atoms with Crippen LogP contribution < -0.4 is 5.32 Å². The van der Waals surface area contributed by atoms with E-state index in [0.29, 0.717) is 5.92 Å². The number of nitrogens with one attached hydrogen (secondary N) is 1. The molecular weight excluding hydrogens is 298 g/mol. The van der Waals surface area contributed by atoms with E-state index in [0.717, 1.165) is 34.7 Å². The van der Waals surface area contributed by atoms with E-state index in [2.05, 4.69) is 12.2 Å². The fourth-order valence-electron chi connectivity index (χ4n) is 3.37. The highest BCUT2D eigenvalue weighted by molar-refractivity contribution is 6.31. The molecule has 2 atom stereocenters. The van der Waals surface area contributed by atoms with Crippen molar-refractivity contribution in [3.63, 3.8) is 0 Å². The van der Waals surface area contributed by atoms with Gasteiger partial charge < -0.3 is 14.8 Å². The van der Waals surface area contributed by atoms with Gasteiger partial charge in [0.05, 0.1) is 12.1 Å². The van der Waals surface area contributed by atoms with Gasteiger partial charge in [0, 0.05) is 10.4 Å². The predicted octanol–water partition coefficient (Wildman–Crippen LogP) is 4.68. The van der Waals surface area contributed by atoms with Gasteiger partial charge in [-0.05, 0) is 62.9 Å². The summed E-state index contributed by atoms with van der Waals surface area (Å²) in [7, 11) is 0. The van der Waals surface area contributed by atoms with Gasteiger partial charge in [0.1, 0.15) is 11.3 Å². The summed E-state index contributed by atoms with van der Waals surface area (Å²) in [6, 6.07) is 7.82. The second-order valence-corrected chi connectivity index (χ2v) is 6.84. The third-order valence-corrected chi connectivity index (χ3v) is 4.99. The second kappa shape index (κ2) is 7.03. The van der Waals surface area contributed by atoms with Crippen LogP contribution >= 0.6 is 11.6 Å². The summed E-state index contributed by atoms with van der Waals surface area (Å²) in [5.41, 5.74) is 0.860. The molecule has 1 saturated carbocycles. The van der Waals surface area contributed by atoms with Crippen LogP contribution in [0.15, 0.2) is 28.7 Å². The molecule has 1 aromatic carbocycles. The molecule has 3 nitrogen and oxygen atoms in total. The monoisotopic (exact) mass is 321 g/mol. The van der Waals surface area contributed by atoms with Crippen molar-refractivity contribution >= 4 is 22.6 Å². The molecule has 0 spiro atoms. The molecule has 2 unspecified atom stereocenters. The van der Waals surface area contributed by atoms with Crippen LogP contribution in [0.25, 0.3) is 11.0 Å². The molecule has 1 aromatic heterocycles.